The van der Waals surface area contributed by atoms with Gasteiger partial charge < -0.3 is 25.4 Å². The van der Waals surface area contributed by atoms with Crippen molar-refractivity contribution in [1.29, 1.82) is 0 Å². The average Bonchev–Trinajstić information content (AvgIpc) is 3.32. The number of H-pyrrole nitrogens is 1. The molecule has 132 valence electrons. The Labute approximate surface area is 143 Å². The van der Waals surface area contributed by atoms with Gasteiger partial charge >= 0.3 is 6.09 Å². The van der Waals surface area contributed by atoms with Crippen molar-refractivity contribution in [2.75, 3.05) is 18.4 Å². The Balaban J connectivity index is 1.64. The minimum atomic E-state index is -1.02. The summed E-state index contributed by atoms with van der Waals surface area (Å²) in [6.07, 6.45) is 2.31. The zero-order valence-electron chi connectivity index (χ0n) is 13.6. The van der Waals surface area contributed by atoms with Crippen LogP contribution in [0.1, 0.15) is 30.7 Å². The van der Waals surface area contributed by atoms with Gasteiger partial charge in [0.05, 0.1) is 12.6 Å². The molecule has 1 saturated carbocycles. The maximum Gasteiger partial charge on any atom is 0.407 e. The van der Waals surface area contributed by atoms with E-state index in [0.717, 1.165) is 23.8 Å². The fourth-order valence-electron chi connectivity index (χ4n) is 3.48. The van der Waals surface area contributed by atoms with Gasteiger partial charge in [0, 0.05) is 30.0 Å². The number of carbonyl (C=O) groups excluding carboxylic acids is 1. The van der Waals surface area contributed by atoms with E-state index in [1.165, 1.54) is 4.90 Å². The van der Waals surface area contributed by atoms with E-state index in [-0.39, 0.29) is 24.3 Å². The van der Waals surface area contributed by atoms with Gasteiger partial charge in [-0.25, -0.2) is 9.78 Å². The second-order valence-corrected chi connectivity index (χ2v) is 6.79. The van der Waals surface area contributed by atoms with Crippen LogP contribution in [0.5, 0.6) is 0 Å². The molecular formula is C17H20N4O4. The lowest BCUT2D eigenvalue weighted by Gasteiger charge is -2.35. The highest BCUT2D eigenvalue weighted by Crippen LogP contribution is 2.35. The third-order valence-electron chi connectivity index (χ3n) is 5.01. The molecule has 1 aliphatic heterocycles. The number of pyridine rings is 1. The van der Waals surface area contributed by atoms with E-state index in [1.807, 2.05) is 6.07 Å². The first-order chi connectivity index (χ1) is 12.0. The largest absolute Gasteiger partial charge is 0.465 e. The van der Waals surface area contributed by atoms with Gasteiger partial charge in [0.25, 0.3) is 0 Å². The van der Waals surface area contributed by atoms with Gasteiger partial charge in [-0.3, -0.25) is 4.79 Å². The first-order valence-electron chi connectivity index (χ1n) is 8.48. The molecule has 2 fully saturated rings. The number of nitrogens with zero attached hydrogens (tertiary/aromatic N) is 2. The van der Waals surface area contributed by atoms with Crippen LogP contribution in [0, 0.1) is 5.92 Å². The maximum atomic E-state index is 12.0. The Kier molecular flexibility index (Phi) is 3.84. The number of β-amino-alcohol motifs (C(OH)–C–C–N with tert-alkyl or cyclic N) is 1. The van der Waals surface area contributed by atoms with Crippen molar-refractivity contribution >= 4 is 28.9 Å². The zero-order valence-corrected chi connectivity index (χ0v) is 13.6. The van der Waals surface area contributed by atoms with Crippen molar-refractivity contribution < 1.29 is 19.8 Å². The number of amides is 2. The molecule has 4 rings (SSSR count). The molecule has 25 heavy (non-hydrogen) atoms. The van der Waals surface area contributed by atoms with E-state index >= 15 is 0 Å². The first-order valence-corrected chi connectivity index (χ1v) is 8.48. The SMILES string of the molecule is O=C(Nc1cc(C2CCN(C(=O)O)CC2O)c2cc[nH]c2n1)C1CC1. The number of hydrogen-bond acceptors (Lipinski definition) is 4. The summed E-state index contributed by atoms with van der Waals surface area (Å²) in [5, 5.41) is 23.3. The monoisotopic (exact) mass is 344 g/mol. The number of aromatic nitrogens is 2. The molecule has 2 amide bonds. The van der Waals surface area contributed by atoms with Crippen molar-refractivity contribution in [2.24, 2.45) is 5.92 Å². The van der Waals surface area contributed by atoms with Crippen LogP contribution < -0.4 is 5.32 Å². The van der Waals surface area contributed by atoms with E-state index in [2.05, 4.69) is 15.3 Å². The number of aliphatic hydroxyl groups is 1. The summed E-state index contributed by atoms with van der Waals surface area (Å²) in [4.78, 5) is 31.9. The normalized spacial score (nSPS) is 23.6. The molecule has 2 unspecified atom stereocenters. The molecule has 1 aliphatic carbocycles. The van der Waals surface area contributed by atoms with Gasteiger partial charge in [0.15, 0.2) is 0 Å². The van der Waals surface area contributed by atoms with Crippen molar-refractivity contribution in [3.05, 3.63) is 23.9 Å². The third kappa shape index (κ3) is 3.05. The number of likely N-dealkylation sites (tertiary alicyclic amines) is 1. The minimum Gasteiger partial charge on any atom is -0.465 e. The summed E-state index contributed by atoms with van der Waals surface area (Å²) in [6.45, 7) is 0.451. The van der Waals surface area contributed by atoms with Crippen LogP contribution >= 0.6 is 0 Å². The van der Waals surface area contributed by atoms with Crippen LogP contribution in [0.4, 0.5) is 10.6 Å². The number of carboxylic acid groups (broad SMARTS) is 1. The number of piperidine rings is 1. The fraction of sp³-hybridized carbons (Fsp3) is 0.471. The molecule has 2 atom stereocenters. The number of carbonyl (C=O) groups is 2. The Morgan fingerprint density at radius 2 is 2.12 bits per heavy atom. The molecule has 2 aromatic rings. The molecule has 4 N–H and O–H groups in total. The molecule has 2 aromatic heterocycles. The summed E-state index contributed by atoms with van der Waals surface area (Å²) >= 11 is 0. The smallest absolute Gasteiger partial charge is 0.407 e. The third-order valence-corrected chi connectivity index (χ3v) is 5.01. The molecule has 2 aliphatic rings. The fourth-order valence-corrected chi connectivity index (χ4v) is 3.48. The molecule has 0 spiro atoms. The number of aliphatic hydroxyl groups excluding tert-OH is 1. The maximum absolute atomic E-state index is 12.0. The molecular weight excluding hydrogens is 324 g/mol. The minimum absolute atomic E-state index is 0.0226. The lowest BCUT2D eigenvalue weighted by molar-refractivity contribution is -0.117. The van der Waals surface area contributed by atoms with Gasteiger partial charge in [-0.05, 0) is 37.0 Å². The Morgan fingerprint density at radius 3 is 2.80 bits per heavy atom. The van der Waals surface area contributed by atoms with Crippen molar-refractivity contribution in [3.8, 4) is 0 Å². The number of fused-ring (bicyclic) bond motifs is 1. The second-order valence-electron chi connectivity index (χ2n) is 6.79. The van der Waals surface area contributed by atoms with Gasteiger partial charge in [-0.2, -0.15) is 0 Å². The van der Waals surface area contributed by atoms with Crippen LogP contribution in [-0.4, -0.2) is 56.3 Å². The molecule has 0 radical (unpaired) electrons. The van der Waals surface area contributed by atoms with Gasteiger partial charge in [0.1, 0.15) is 11.5 Å². The van der Waals surface area contributed by atoms with Crippen LogP contribution in [0.3, 0.4) is 0 Å². The van der Waals surface area contributed by atoms with E-state index < -0.39 is 12.2 Å². The van der Waals surface area contributed by atoms with Crippen LogP contribution in [0.2, 0.25) is 0 Å². The topological polar surface area (TPSA) is 119 Å². The molecule has 8 heteroatoms. The highest BCUT2D eigenvalue weighted by molar-refractivity contribution is 5.94. The summed E-state index contributed by atoms with van der Waals surface area (Å²) in [5.74, 6) is 0.322. The lowest BCUT2D eigenvalue weighted by Crippen LogP contribution is -2.45. The first kappa shape index (κ1) is 15.9. The van der Waals surface area contributed by atoms with E-state index in [0.29, 0.717) is 24.4 Å². The Morgan fingerprint density at radius 1 is 1.32 bits per heavy atom. The zero-order chi connectivity index (χ0) is 17.6. The second kappa shape index (κ2) is 6.03. The Bertz CT molecular complexity index is 829. The molecule has 1 saturated heterocycles. The number of aromatic amines is 1. The Hall–Kier alpha value is -2.61. The van der Waals surface area contributed by atoms with Crippen molar-refractivity contribution in [3.63, 3.8) is 0 Å². The van der Waals surface area contributed by atoms with Crippen LogP contribution in [-0.2, 0) is 4.79 Å². The predicted molar refractivity (Wildman–Crippen MR) is 90.4 cm³/mol. The summed E-state index contributed by atoms with van der Waals surface area (Å²) in [6, 6.07) is 3.70. The quantitative estimate of drug-likeness (QED) is 0.676. The molecule has 0 aromatic carbocycles. The molecule has 0 bridgehead atoms. The van der Waals surface area contributed by atoms with Crippen LogP contribution in [0.25, 0.3) is 11.0 Å². The van der Waals surface area contributed by atoms with Gasteiger partial charge in [-0.1, -0.05) is 0 Å². The van der Waals surface area contributed by atoms with Gasteiger partial charge in [0.2, 0.25) is 5.91 Å². The summed E-state index contributed by atoms with van der Waals surface area (Å²) < 4.78 is 0. The van der Waals surface area contributed by atoms with Crippen molar-refractivity contribution in [1.82, 2.24) is 14.9 Å². The number of nitrogens with one attached hydrogen (secondary N) is 2. The van der Waals surface area contributed by atoms with Crippen LogP contribution in [0.15, 0.2) is 18.3 Å². The van der Waals surface area contributed by atoms with Gasteiger partial charge in [-0.15, -0.1) is 0 Å². The highest BCUT2D eigenvalue weighted by atomic mass is 16.4. The number of rotatable bonds is 3. The predicted octanol–water partition coefficient (Wildman–Crippen LogP) is 1.74. The molecule has 3 heterocycles. The molecule has 8 nitrogen and oxygen atoms in total. The standard InChI is InChI=1S/C17H20N4O4/c22-13-8-21(17(24)25)6-4-10(13)12-7-14(20-16(23)9-1-2-9)19-15-11(12)3-5-18-15/h3,5,7,9-10,13,22H,1-2,4,6,8H2,(H,24,25)(H2,18,19,20,23). The summed E-state index contributed by atoms with van der Waals surface area (Å²) in [5.41, 5.74) is 1.53. The van der Waals surface area contributed by atoms with E-state index in [4.69, 9.17) is 5.11 Å². The summed E-state index contributed by atoms with van der Waals surface area (Å²) in [7, 11) is 0. The van der Waals surface area contributed by atoms with E-state index in [1.54, 1.807) is 12.3 Å². The lowest BCUT2D eigenvalue weighted by atomic mass is 9.86. The average molecular weight is 344 g/mol. The van der Waals surface area contributed by atoms with Crippen molar-refractivity contribution in [2.45, 2.75) is 31.3 Å². The number of hydrogen-bond donors (Lipinski definition) is 4. The number of anilines is 1. The highest BCUT2D eigenvalue weighted by Gasteiger charge is 2.33. The van der Waals surface area contributed by atoms with E-state index in [9.17, 15) is 14.7 Å².